The van der Waals surface area contributed by atoms with Crippen molar-refractivity contribution in [2.24, 2.45) is 0 Å². The Kier molecular flexibility index (Phi) is 6.76. The molecule has 1 atom stereocenters. The van der Waals surface area contributed by atoms with E-state index in [0.29, 0.717) is 45.6 Å². The Bertz CT molecular complexity index is 837. The van der Waals surface area contributed by atoms with Crippen LogP contribution in [0.4, 0.5) is 4.79 Å². The van der Waals surface area contributed by atoms with Crippen molar-refractivity contribution in [1.29, 1.82) is 0 Å². The highest BCUT2D eigenvalue weighted by Crippen LogP contribution is 2.34. The van der Waals surface area contributed by atoms with E-state index in [1.165, 1.54) is 6.26 Å². The van der Waals surface area contributed by atoms with E-state index in [4.69, 9.17) is 18.9 Å². The van der Waals surface area contributed by atoms with E-state index >= 15 is 0 Å². The lowest BCUT2D eigenvalue weighted by atomic mass is 10.0. The maximum atomic E-state index is 12.3. The minimum absolute atomic E-state index is 0.282. The molecule has 8 nitrogen and oxygen atoms in total. The molecule has 2 aliphatic heterocycles. The molecule has 0 saturated carbocycles. The fourth-order valence-corrected chi connectivity index (χ4v) is 4.06. The molecule has 2 fully saturated rings. The van der Waals surface area contributed by atoms with Gasteiger partial charge in [0.25, 0.3) is 0 Å². The van der Waals surface area contributed by atoms with Crippen LogP contribution in [0.1, 0.15) is 45.6 Å². The highest BCUT2D eigenvalue weighted by molar-refractivity contribution is 7.90. The number of piperidine rings is 1. The summed E-state index contributed by atoms with van der Waals surface area (Å²) in [6.45, 7) is 7.36. The summed E-state index contributed by atoms with van der Waals surface area (Å²) in [6.07, 6.45) is 2.16. The fraction of sp³-hybridized carbons (Fsp3) is 0.667. The Balaban J connectivity index is 1.50. The van der Waals surface area contributed by atoms with Crippen LogP contribution in [-0.4, -0.2) is 63.0 Å². The Morgan fingerprint density at radius 3 is 2.40 bits per heavy atom. The third-order valence-corrected chi connectivity index (χ3v) is 6.16. The van der Waals surface area contributed by atoms with E-state index in [1.807, 2.05) is 20.8 Å². The Morgan fingerprint density at radius 1 is 1.20 bits per heavy atom. The molecule has 0 aromatic heterocycles. The number of rotatable bonds is 4. The molecular weight excluding hydrogens is 410 g/mol. The zero-order valence-corrected chi connectivity index (χ0v) is 18.9. The van der Waals surface area contributed by atoms with Gasteiger partial charge in [-0.15, -0.1) is 0 Å². The van der Waals surface area contributed by atoms with Crippen molar-refractivity contribution < 1.29 is 32.2 Å². The molecule has 2 heterocycles. The average molecular weight is 442 g/mol. The van der Waals surface area contributed by atoms with Crippen LogP contribution in [0.3, 0.4) is 0 Å². The summed E-state index contributed by atoms with van der Waals surface area (Å²) in [5, 5.41) is 0. The minimum atomic E-state index is -3.21. The van der Waals surface area contributed by atoms with Gasteiger partial charge in [0.2, 0.25) is 0 Å². The van der Waals surface area contributed by atoms with Gasteiger partial charge in [-0.25, -0.2) is 13.2 Å². The molecule has 3 rings (SSSR count). The van der Waals surface area contributed by atoms with Crippen molar-refractivity contribution in [3.8, 4) is 0 Å². The van der Waals surface area contributed by atoms with Gasteiger partial charge >= 0.3 is 6.09 Å². The lowest BCUT2D eigenvalue weighted by molar-refractivity contribution is -0.357. The number of carbonyl (C=O) groups excluding carboxylic acids is 1. The van der Waals surface area contributed by atoms with Crippen molar-refractivity contribution in [1.82, 2.24) is 4.90 Å². The van der Waals surface area contributed by atoms with Crippen molar-refractivity contribution in [3.63, 3.8) is 0 Å². The number of benzene rings is 1. The molecule has 0 N–H and O–H groups in total. The van der Waals surface area contributed by atoms with Crippen LogP contribution in [0.25, 0.3) is 0 Å². The largest absolute Gasteiger partial charge is 0.444 e. The summed E-state index contributed by atoms with van der Waals surface area (Å²) < 4.78 is 46.5. The predicted molar refractivity (Wildman–Crippen MR) is 110 cm³/mol. The molecule has 0 radical (unpaired) electrons. The second-order valence-corrected chi connectivity index (χ2v) is 10.8. The van der Waals surface area contributed by atoms with Crippen LogP contribution < -0.4 is 0 Å². The molecule has 9 heteroatoms. The van der Waals surface area contributed by atoms with E-state index in [1.54, 1.807) is 29.2 Å². The molecule has 1 amide bonds. The molecular formula is C21H31NO7S. The Hall–Kier alpha value is -1.68. The smallest absolute Gasteiger partial charge is 0.410 e. The second kappa shape index (κ2) is 8.82. The number of carbonyl (C=O) groups is 1. The topological polar surface area (TPSA) is 91.4 Å². The normalized spacial score (nSPS) is 22.1. The molecule has 0 aliphatic carbocycles. The van der Waals surface area contributed by atoms with E-state index < -0.39 is 27.5 Å². The van der Waals surface area contributed by atoms with E-state index in [0.717, 1.165) is 5.56 Å². The van der Waals surface area contributed by atoms with Gasteiger partial charge in [-0.2, -0.15) is 0 Å². The maximum Gasteiger partial charge on any atom is 0.410 e. The molecule has 2 saturated heterocycles. The third kappa shape index (κ3) is 6.16. The third-order valence-electron chi connectivity index (χ3n) is 5.03. The van der Waals surface area contributed by atoms with Gasteiger partial charge in [0.05, 0.1) is 18.1 Å². The number of amides is 1. The molecule has 1 aromatic rings. The summed E-state index contributed by atoms with van der Waals surface area (Å²) in [6, 6.07) is 6.63. The van der Waals surface area contributed by atoms with E-state index in [-0.39, 0.29) is 11.0 Å². The van der Waals surface area contributed by atoms with E-state index in [9.17, 15) is 13.2 Å². The standard InChI is InChI=1S/C21H31NO7S/c1-20(2,3)29-19(23)22-12-10-21(11-13-22)27-14-9-18(28-21)26-15-16-5-7-17(8-6-16)30(4,24)25/h5-8,18H,9-15H2,1-4H3. The molecule has 2 aliphatic rings. The molecule has 30 heavy (non-hydrogen) atoms. The predicted octanol–water partition coefficient (Wildman–Crippen LogP) is 3.10. The number of ether oxygens (including phenoxy) is 4. The van der Waals surface area contributed by atoms with Crippen LogP contribution >= 0.6 is 0 Å². The van der Waals surface area contributed by atoms with Crippen molar-refractivity contribution in [2.45, 2.75) is 69.2 Å². The Morgan fingerprint density at radius 2 is 1.83 bits per heavy atom. The fourth-order valence-electron chi connectivity index (χ4n) is 3.43. The monoisotopic (exact) mass is 441 g/mol. The number of hydrogen-bond donors (Lipinski definition) is 0. The highest BCUT2D eigenvalue weighted by Gasteiger charge is 2.43. The molecule has 1 unspecified atom stereocenters. The van der Waals surface area contributed by atoms with Crippen LogP contribution in [0.2, 0.25) is 0 Å². The number of hydrogen-bond acceptors (Lipinski definition) is 7. The quantitative estimate of drug-likeness (QED) is 0.709. The lowest BCUT2D eigenvalue weighted by Gasteiger charge is -2.45. The number of nitrogens with zero attached hydrogens (tertiary/aromatic N) is 1. The summed E-state index contributed by atoms with van der Waals surface area (Å²) in [5.74, 6) is -0.748. The maximum absolute atomic E-state index is 12.3. The van der Waals surface area contributed by atoms with Gasteiger partial charge in [0, 0.05) is 38.6 Å². The number of sulfone groups is 1. The first-order chi connectivity index (χ1) is 14.0. The second-order valence-electron chi connectivity index (χ2n) is 8.79. The SMILES string of the molecule is CC(C)(C)OC(=O)N1CCC2(CC1)OCCC(OCc1ccc(S(C)(=O)=O)cc1)O2. The first-order valence-corrected chi connectivity index (χ1v) is 12.1. The number of likely N-dealkylation sites (tertiary alicyclic amines) is 1. The lowest BCUT2D eigenvalue weighted by Crippen LogP contribution is -2.54. The first kappa shape index (κ1) is 23.0. The molecule has 168 valence electrons. The Labute approximate surface area is 178 Å². The van der Waals surface area contributed by atoms with Gasteiger partial charge in [-0.05, 0) is 38.5 Å². The zero-order chi connectivity index (χ0) is 22.0. The van der Waals surface area contributed by atoms with Crippen molar-refractivity contribution >= 4 is 15.9 Å². The van der Waals surface area contributed by atoms with Gasteiger partial charge in [0.15, 0.2) is 21.9 Å². The van der Waals surface area contributed by atoms with Gasteiger partial charge in [0.1, 0.15) is 5.60 Å². The van der Waals surface area contributed by atoms with Gasteiger partial charge < -0.3 is 23.8 Å². The zero-order valence-electron chi connectivity index (χ0n) is 18.0. The van der Waals surface area contributed by atoms with Crippen molar-refractivity contribution in [2.75, 3.05) is 26.0 Å². The van der Waals surface area contributed by atoms with Crippen LogP contribution in [-0.2, 0) is 35.4 Å². The summed E-state index contributed by atoms with van der Waals surface area (Å²) in [4.78, 5) is 14.2. The highest BCUT2D eigenvalue weighted by atomic mass is 32.2. The van der Waals surface area contributed by atoms with Crippen molar-refractivity contribution in [3.05, 3.63) is 29.8 Å². The summed E-state index contributed by atoms with van der Waals surface area (Å²) >= 11 is 0. The minimum Gasteiger partial charge on any atom is -0.444 e. The van der Waals surface area contributed by atoms with E-state index in [2.05, 4.69) is 0 Å². The molecule has 0 bridgehead atoms. The summed E-state index contributed by atoms with van der Waals surface area (Å²) in [5.41, 5.74) is 0.342. The van der Waals surface area contributed by atoms with Gasteiger partial charge in [-0.3, -0.25) is 0 Å². The van der Waals surface area contributed by atoms with Crippen LogP contribution in [0.5, 0.6) is 0 Å². The van der Waals surface area contributed by atoms with Gasteiger partial charge in [-0.1, -0.05) is 12.1 Å². The van der Waals surface area contributed by atoms with Crippen LogP contribution in [0.15, 0.2) is 29.2 Å². The average Bonchev–Trinajstić information content (AvgIpc) is 2.65. The molecule has 1 aromatic carbocycles. The molecule has 1 spiro atoms. The summed E-state index contributed by atoms with van der Waals surface area (Å²) in [7, 11) is -3.21. The first-order valence-electron chi connectivity index (χ1n) is 10.2. The van der Waals surface area contributed by atoms with Crippen LogP contribution in [0, 0.1) is 0 Å².